The van der Waals surface area contributed by atoms with Crippen LogP contribution < -0.4 is 10.0 Å². The minimum absolute atomic E-state index is 0.0819. The lowest BCUT2D eigenvalue weighted by Gasteiger charge is -2.28. The molecule has 0 aromatic heterocycles. The molecule has 30 heavy (non-hydrogen) atoms. The quantitative estimate of drug-likeness (QED) is 0.648. The third-order valence-electron chi connectivity index (χ3n) is 5.47. The highest BCUT2D eigenvalue weighted by atomic mass is 35.5. The SMILES string of the molecule is CN1CCC(CCNC(=O)c2ccc(Cl)c(S(=O)(=O)NCc3ccccc3)c2)CC1. The molecule has 0 unspecified atom stereocenters. The van der Waals surface area contributed by atoms with Gasteiger partial charge in [0.1, 0.15) is 4.90 Å². The molecule has 0 atom stereocenters. The van der Waals surface area contributed by atoms with Gasteiger partial charge in [0.25, 0.3) is 5.91 Å². The van der Waals surface area contributed by atoms with Crippen molar-refractivity contribution in [2.24, 2.45) is 5.92 Å². The Morgan fingerprint density at radius 3 is 2.53 bits per heavy atom. The fourth-order valence-corrected chi connectivity index (χ4v) is 5.09. The summed E-state index contributed by atoms with van der Waals surface area (Å²) in [5.74, 6) is 0.323. The molecule has 3 rings (SSSR count). The van der Waals surface area contributed by atoms with Crippen LogP contribution in [-0.2, 0) is 16.6 Å². The third-order valence-corrected chi connectivity index (χ3v) is 7.35. The predicted molar refractivity (Wildman–Crippen MR) is 119 cm³/mol. The fraction of sp³-hybridized carbons (Fsp3) is 0.409. The van der Waals surface area contributed by atoms with Gasteiger partial charge in [-0.15, -0.1) is 0 Å². The van der Waals surface area contributed by atoms with Crippen LogP contribution in [0.2, 0.25) is 5.02 Å². The standard InChI is InChI=1S/C22H28ClN3O3S/c1-26-13-10-17(11-14-26)9-12-24-22(27)19-7-8-20(23)21(15-19)30(28,29)25-16-18-5-3-2-4-6-18/h2-8,15,17,25H,9-14,16H2,1H3,(H,24,27). The average Bonchev–Trinajstić information content (AvgIpc) is 2.74. The first kappa shape index (κ1) is 22.7. The van der Waals surface area contributed by atoms with Gasteiger partial charge in [-0.05, 0) is 69.1 Å². The van der Waals surface area contributed by atoms with Gasteiger partial charge < -0.3 is 10.2 Å². The monoisotopic (exact) mass is 449 g/mol. The number of hydrogen-bond donors (Lipinski definition) is 2. The topological polar surface area (TPSA) is 78.5 Å². The number of carbonyl (C=O) groups excluding carboxylic acids is 1. The normalized spacial score (nSPS) is 15.8. The van der Waals surface area contributed by atoms with Gasteiger partial charge >= 0.3 is 0 Å². The molecule has 2 aromatic rings. The molecule has 1 fully saturated rings. The highest BCUT2D eigenvalue weighted by Gasteiger charge is 2.21. The van der Waals surface area contributed by atoms with Crippen molar-refractivity contribution < 1.29 is 13.2 Å². The van der Waals surface area contributed by atoms with Gasteiger partial charge in [-0.2, -0.15) is 0 Å². The number of piperidine rings is 1. The van der Waals surface area contributed by atoms with Crippen molar-refractivity contribution in [3.8, 4) is 0 Å². The van der Waals surface area contributed by atoms with E-state index in [9.17, 15) is 13.2 Å². The smallest absolute Gasteiger partial charge is 0.251 e. The summed E-state index contributed by atoms with van der Waals surface area (Å²) in [5.41, 5.74) is 1.11. The van der Waals surface area contributed by atoms with Crippen LogP contribution in [0.3, 0.4) is 0 Å². The molecule has 0 spiro atoms. The van der Waals surface area contributed by atoms with Crippen molar-refractivity contribution >= 4 is 27.5 Å². The van der Waals surface area contributed by atoms with Crippen LogP contribution >= 0.6 is 11.6 Å². The number of carbonyl (C=O) groups is 1. The molecular formula is C22H28ClN3O3S. The van der Waals surface area contributed by atoms with Gasteiger partial charge in [0.2, 0.25) is 10.0 Å². The average molecular weight is 450 g/mol. The molecule has 0 radical (unpaired) electrons. The number of sulfonamides is 1. The second kappa shape index (κ2) is 10.4. The molecule has 1 heterocycles. The van der Waals surface area contributed by atoms with E-state index in [1.54, 1.807) is 6.07 Å². The highest BCUT2D eigenvalue weighted by Crippen LogP contribution is 2.23. The molecule has 162 valence electrons. The number of nitrogens with one attached hydrogen (secondary N) is 2. The van der Waals surface area contributed by atoms with Crippen molar-refractivity contribution in [2.45, 2.75) is 30.7 Å². The molecule has 1 aliphatic rings. The summed E-state index contributed by atoms with van der Waals surface area (Å²) in [6.07, 6.45) is 3.21. The minimum Gasteiger partial charge on any atom is -0.352 e. The lowest BCUT2D eigenvalue weighted by Crippen LogP contribution is -2.32. The molecule has 1 saturated heterocycles. The van der Waals surface area contributed by atoms with E-state index in [2.05, 4.69) is 22.0 Å². The Morgan fingerprint density at radius 2 is 1.83 bits per heavy atom. The summed E-state index contributed by atoms with van der Waals surface area (Å²) in [6, 6.07) is 13.5. The van der Waals surface area contributed by atoms with Crippen LogP contribution in [0.4, 0.5) is 0 Å². The molecule has 8 heteroatoms. The van der Waals surface area contributed by atoms with E-state index in [0.29, 0.717) is 12.5 Å². The van der Waals surface area contributed by atoms with E-state index in [0.717, 1.165) is 37.9 Å². The number of rotatable bonds is 8. The van der Waals surface area contributed by atoms with Crippen LogP contribution in [0.15, 0.2) is 53.4 Å². The number of halogens is 1. The summed E-state index contributed by atoms with van der Waals surface area (Å²) in [6.45, 7) is 2.90. The van der Waals surface area contributed by atoms with E-state index in [1.807, 2.05) is 30.3 Å². The lowest BCUT2D eigenvalue weighted by atomic mass is 9.94. The first-order valence-electron chi connectivity index (χ1n) is 10.1. The van der Waals surface area contributed by atoms with Gasteiger partial charge in [0.15, 0.2) is 0 Å². The van der Waals surface area contributed by atoms with Crippen LogP contribution in [0.1, 0.15) is 35.2 Å². The van der Waals surface area contributed by atoms with Crippen LogP contribution in [-0.4, -0.2) is 45.9 Å². The summed E-state index contributed by atoms with van der Waals surface area (Å²) < 4.78 is 28.0. The van der Waals surface area contributed by atoms with E-state index in [-0.39, 0.29) is 27.9 Å². The molecule has 1 amide bonds. The largest absolute Gasteiger partial charge is 0.352 e. The van der Waals surface area contributed by atoms with Crippen molar-refractivity contribution in [3.63, 3.8) is 0 Å². The summed E-state index contributed by atoms with van der Waals surface area (Å²) in [7, 11) is -1.73. The van der Waals surface area contributed by atoms with Gasteiger partial charge in [-0.1, -0.05) is 41.9 Å². The van der Waals surface area contributed by atoms with Gasteiger partial charge in [-0.3, -0.25) is 4.79 Å². The maximum atomic E-state index is 12.7. The van der Waals surface area contributed by atoms with Gasteiger partial charge in [-0.25, -0.2) is 13.1 Å². The second-order valence-electron chi connectivity index (χ2n) is 7.75. The number of hydrogen-bond acceptors (Lipinski definition) is 4. The van der Waals surface area contributed by atoms with Gasteiger partial charge in [0, 0.05) is 18.7 Å². The first-order chi connectivity index (χ1) is 14.3. The van der Waals surface area contributed by atoms with Gasteiger partial charge in [0.05, 0.1) is 5.02 Å². The van der Waals surface area contributed by atoms with Crippen LogP contribution in [0.5, 0.6) is 0 Å². The minimum atomic E-state index is -3.85. The Kier molecular flexibility index (Phi) is 7.88. The number of benzene rings is 2. The second-order valence-corrected chi connectivity index (χ2v) is 9.89. The summed E-state index contributed by atoms with van der Waals surface area (Å²) in [5, 5.41) is 2.98. The molecule has 2 N–H and O–H groups in total. The molecule has 0 aliphatic carbocycles. The zero-order valence-corrected chi connectivity index (χ0v) is 18.7. The third kappa shape index (κ3) is 6.28. The molecule has 1 aliphatic heterocycles. The molecule has 0 bridgehead atoms. The molecular weight excluding hydrogens is 422 g/mol. The van der Waals surface area contributed by atoms with Crippen LogP contribution in [0.25, 0.3) is 0 Å². The van der Waals surface area contributed by atoms with Crippen molar-refractivity contribution in [1.29, 1.82) is 0 Å². The molecule has 6 nitrogen and oxygen atoms in total. The van der Waals surface area contributed by atoms with Crippen LogP contribution in [0, 0.1) is 5.92 Å². The maximum Gasteiger partial charge on any atom is 0.251 e. The predicted octanol–water partition coefficient (Wildman–Crippen LogP) is 3.28. The van der Waals surface area contributed by atoms with E-state index >= 15 is 0 Å². The first-order valence-corrected chi connectivity index (χ1v) is 12.0. The lowest BCUT2D eigenvalue weighted by molar-refractivity contribution is 0.0948. The number of likely N-dealkylation sites (tertiary alicyclic amines) is 1. The van der Waals surface area contributed by atoms with E-state index in [4.69, 9.17) is 11.6 Å². The van der Waals surface area contributed by atoms with Crippen molar-refractivity contribution in [3.05, 3.63) is 64.7 Å². The fourth-order valence-electron chi connectivity index (χ4n) is 3.55. The Bertz CT molecular complexity index is 959. The van der Waals surface area contributed by atoms with E-state index in [1.165, 1.54) is 12.1 Å². The van der Waals surface area contributed by atoms with Crippen molar-refractivity contribution in [1.82, 2.24) is 14.9 Å². The number of nitrogens with zero attached hydrogens (tertiary/aromatic N) is 1. The van der Waals surface area contributed by atoms with Crippen molar-refractivity contribution in [2.75, 3.05) is 26.7 Å². The Morgan fingerprint density at radius 1 is 1.13 bits per heavy atom. The summed E-state index contributed by atoms with van der Waals surface area (Å²) in [4.78, 5) is 14.8. The molecule has 2 aromatic carbocycles. The zero-order valence-electron chi connectivity index (χ0n) is 17.1. The summed E-state index contributed by atoms with van der Waals surface area (Å²) >= 11 is 6.13. The molecule has 0 saturated carbocycles. The Labute approximate surface area is 183 Å². The zero-order chi connectivity index (χ0) is 21.6. The Balaban J connectivity index is 1.60. The van der Waals surface area contributed by atoms with E-state index < -0.39 is 10.0 Å². The maximum absolute atomic E-state index is 12.7. The number of amides is 1. The highest BCUT2D eigenvalue weighted by molar-refractivity contribution is 7.89. The Hall–Kier alpha value is -1.93.